The van der Waals surface area contributed by atoms with Crippen molar-refractivity contribution in [2.24, 2.45) is 5.92 Å². The Kier molecular flexibility index (Phi) is 4.33. The minimum Gasteiger partial charge on any atom is -0.465 e. The number of carbonyl (C=O) groups excluding carboxylic acids is 1. The number of hydrogen-bond acceptors (Lipinski definition) is 5. The third-order valence-electron chi connectivity index (χ3n) is 2.98. The van der Waals surface area contributed by atoms with Crippen molar-refractivity contribution in [3.63, 3.8) is 0 Å². The highest BCUT2D eigenvalue weighted by atomic mass is 16.5. The van der Waals surface area contributed by atoms with E-state index in [0.29, 0.717) is 29.3 Å². The largest absolute Gasteiger partial charge is 0.465 e. The lowest BCUT2D eigenvalue weighted by Gasteiger charge is -2.09. The number of esters is 1. The molecule has 1 aromatic heterocycles. The van der Waals surface area contributed by atoms with E-state index in [4.69, 9.17) is 10.00 Å². The summed E-state index contributed by atoms with van der Waals surface area (Å²) in [5, 5.41) is 17.1. The Balaban J connectivity index is 2.49. The van der Waals surface area contributed by atoms with Crippen molar-refractivity contribution in [2.45, 2.75) is 20.3 Å². The van der Waals surface area contributed by atoms with Crippen molar-refractivity contribution in [3.05, 3.63) is 41.2 Å². The van der Waals surface area contributed by atoms with Crippen molar-refractivity contribution >= 4 is 5.97 Å². The average molecular weight is 284 g/mol. The highest BCUT2D eigenvalue weighted by Crippen LogP contribution is 2.17. The Labute approximate surface area is 123 Å². The molecular weight excluding hydrogens is 268 g/mol. The van der Waals surface area contributed by atoms with E-state index in [9.17, 15) is 4.79 Å². The van der Waals surface area contributed by atoms with Crippen LogP contribution < -0.4 is 0 Å². The van der Waals surface area contributed by atoms with E-state index in [-0.39, 0.29) is 0 Å². The van der Waals surface area contributed by atoms with Crippen molar-refractivity contribution in [3.8, 4) is 11.8 Å². The van der Waals surface area contributed by atoms with Crippen molar-refractivity contribution < 1.29 is 9.53 Å². The van der Waals surface area contributed by atoms with Gasteiger partial charge in [-0.05, 0) is 30.5 Å². The molecule has 0 saturated carbocycles. The molecule has 108 valence electrons. The zero-order valence-electron chi connectivity index (χ0n) is 12.2. The second-order valence-electron chi connectivity index (χ2n) is 5.05. The summed E-state index contributed by atoms with van der Waals surface area (Å²) in [6.07, 6.45) is 0.679. The second kappa shape index (κ2) is 6.18. The van der Waals surface area contributed by atoms with Gasteiger partial charge in [-0.15, -0.1) is 5.10 Å². The first-order valence-corrected chi connectivity index (χ1v) is 6.60. The van der Waals surface area contributed by atoms with Crippen LogP contribution in [0.15, 0.2) is 24.3 Å². The molecule has 0 amide bonds. The number of rotatable bonds is 4. The molecule has 21 heavy (non-hydrogen) atoms. The van der Waals surface area contributed by atoms with Gasteiger partial charge in [0.05, 0.1) is 24.1 Å². The fourth-order valence-corrected chi connectivity index (χ4v) is 2.05. The molecule has 0 radical (unpaired) electrons. The third kappa shape index (κ3) is 3.08. The molecule has 0 fully saturated rings. The number of aromatic nitrogens is 3. The lowest BCUT2D eigenvalue weighted by molar-refractivity contribution is 0.0600. The molecule has 0 aliphatic rings. The zero-order valence-corrected chi connectivity index (χ0v) is 12.2. The summed E-state index contributed by atoms with van der Waals surface area (Å²) in [7, 11) is 1.34. The van der Waals surface area contributed by atoms with Crippen LogP contribution in [0.2, 0.25) is 0 Å². The minimum atomic E-state index is -0.414. The maximum atomic E-state index is 11.6. The average Bonchev–Trinajstić information content (AvgIpc) is 2.88. The van der Waals surface area contributed by atoms with Crippen LogP contribution in [-0.4, -0.2) is 28.1 Å². The SMILES string of the molecule is COC(=O)c1cccc(-n2nnc(C#N)c2CC(C)C)c1. The van der Waals surface area contributed by atoms with Crippen LogP contribution in [0.25, 0.3) is 5.69 Å². The molecule has 0 saturated heterocycles. The fourth-order valence-electron chi connectivity index (χ4n) is 2.05. The van der Waals surface area contributed by atoms with Crippen LogP contribution in [0.4, 0.5) is 0 Å². The number of carbonyl (C=O) groups is 1. The normalized spacial score (nSPS) is 10.4. The Morgan fingerprint density at radius 3 is 2.86 bits per heavy atom. The number of nitriles is 1. The molecule has 0 unspecified atom stereocenters. The lowest BCUT2D eigenvalue weighted by atomic mass is 10.1. The molecule has 0 bridgehead atoms. The maximum Gasteiger partial charge on any atom is 0.337 e. The molecule has 6 heteroatoms. The smallest absolute Gasteiger partial charge is 0.337 e. The van der Waals surface area contributed by atoms with Gasteiger partial charge in [0.15, 0.2) is 5.69 Å². The molecule has 2 aromatic rings. The van der Waals surface area contributed by atoms with E-state index >= 15 is 0 Å². The summed E-state index contributed by atoms with van der Waals surface area (Å²) >= 11 is 0. The molecule has 0 atom stereocenters. The van der Waals surface area contributed by atoms with E-state index in [0.717, 1.165) is 5.69 Å². The number of nitrogens with zero attached hydrogens (tertiary/aromatic N) is 4. The molecule has 0 aliphatic carbocycles. The third-order valence-corrected chi connectivity index (χ3v) is 2.98. The number of benzene rings is 1. The molecule has 2 rings (SSSR count). The summed E-state index contributed by atoms with van der Waals surface area (Å²) in [6.45, 7) is 4.12. The Hall–Kier alpha value is -2.68. The van der Waals surface area contributed by atoms with Gasteiger partial charge >= 0.3 is 5.97 Å². The predicted octanol–water partition coefficient (Wildman–Crippen LogP) is 2.12. The van der Waals surface area contributed by atoms with E-state index in [2.05, 4.69) is 30.2 Å². The minimum absolute atomic E-state index is 0.312. The quantitative estimate of drug-likeness (QED) is 0.803. The highest BCUT2D eigenvalue weighted by Gasteiger charge is 2.16. The van der Waals surface area contributed by atoms with Crippen LogP contribution >= 0.6 is 0 Å². The van der Waals surface area contributed by atoms with Gasteiger partial charge in [-0.1, -0.05) is 25.1 Å². The zero-order chi connectivity index (χ0) is 15.4. The van der Waals surface area contributed by atoms with Crippen molar-refractivity contribution in [1.29, 1.82) is 5.26 Å². The van der Waals surface area contributed by atoms with Gasteiger partial charge in [0.25, 0.3) is 0 Å². The summed E-state index contributed by atoms with van der Waals surface area (Å²) in [6, 6.07) is 8.95. The van der Waals surface area contributed by atoms with E-state index in [1.165, 1.54) is 7.11 Å². The van der Waals surface area contributed by atoms with Gasteiger partial charge < -0.3 is 4.74 Å². The number of methoxy groups -OCH3 is 1. The van der Waals surface area contributed by atoms with Crippen LogP contribution in [0.1, 0.15) is 35.6 Å². The molecule has 1 heterocycles. The number of ether oxygens (including phenoxy) is 1. The lowest BCUT2D eigenvalue weighted by Crippen LogP contribution is -2.08. The molecular formula is C15H16N4O2. The summed E-state index contributed by atoms with van der Waals surface area (Å²) in [4.78, 5) is 11.6. The monoisotopic (exact) mass is 284 g/mol. The summed E-state index contributed by atoms with van der Waals surface area (Å²) in [5.41, 5.74) is 2.17. The van der Waals surface area contributed by atoms with Crippen molar-refractivity contribution in [2.75, 3.05) is 7.11 Å². The standard InChI is InChI=1S/C15H16N4O2/c1-10(2)7-14-13(9-16)17-18-19(14)12-6-4-5-11(8-12)15(20)21-3/h4-6,8,10H,7H2,1-3H3. The fraction of sp³-hybridized carbons (Fsp3) is 0.333. The Morgan fingerprint density at radius 2 is 2.24 bits per heavy atom. The topological polar surface area (TPSA) is 80.8 Å². The molecule has 1 aromatic carbocycles. The van der Waals surface area contributed by atoms with E-state index in [1.54, 1.807) is 22.9 Å². The molecule has 6 nitrogen and oxygen atoms in total. The Morgan fingerprint density at radius 1 is 1.48 bits per heavy atom. The second-order valence-corrected chi connectivity index (χ2v) is 5.05. The van der Waals surface area contributed by atoms with Crippen molar-refractivity contribution in [1.82, 2.24) is 15.0 Å². The Bertz CT molecular complexity index is 698. The van der Waals surface area contributed by atoms with Gasteiger partial charge in [0.1, 0.15) is 6.07 Å². The first-order valence-electron chi connectivity index (χ1n) is 6.60. The van der Waals surface area contributed by atoms with Gasteiger partial charge in [-0.3, -0.25) is 0 Å². The summed E-state index contributed by atoms with van der Waals surface area (Å²) < 4.78 is 6.31. The molecule has 0 spiro atoms. The number of hydrogen-bond donors (Lipinski definition) is 0. The van der Waals surface area contributed by atoms with Crippen LogP contribution in [0, 0.1) is 17.2 Å². The van der Waals surface area contributed by atoms with Crippen LogP contribution in [0.3, 0.4) is 0 Å². The van der Waals surface area contributed by atoms with Gasteiger partial charge in [-0.25, -0.2) is 9.48 Å². The van der Waals surface area contributed by atoms with Crippen LogP contribution in [0.5, 0.6) is 0 Å². The van der Waals surface area contributed by atoms with Gasteiger partial charge in [0.2, 0.25) is 0 Å². The highest BCUT2D eigenvalue weighted by molar-refractivity contribution is 5.89. The molecule has 0 aliphatic heterocycles. The van der Waals surface area contributed by atoms with Crippen LogP contribution in [-0.2, 0) is 11.2 Å². The van der Waals surface area contributed by atoms with Gasteiger partial charge in [0, 0.05) is 0 Å². The molecule has 0 N–H and O–H groups in total. The van der Waals surface area contributed by atoms with E-state index < -0.39 is 5.97 Å². The van der Waals surface area contributed by atoms with Gasteiger partial charge in [-0.2, -0.15) is 5.26 Å². The first-order chi connectivity index (χ1) is 10.1. The maximum absolute atomic E-state index is 11.6. The van der Waals surface area contributed by atoms with E-state index in [1.807, 2.05) is 6.07 Å². The predicted molar refractivity (Wildman–Crippen MR) is 76.0 cm³/mol. The summed E-state index contributed by atoms with van der Waals surface area (Å²) in [5.74, 6) is -0.0546. The first kappa shape index (κ1) is 14.7.